The Balaban J connectivity index is 2.01. The lowest BCUT2D eigenvalue weighted by Gasteiger charge is -2.05. The van der Waals surface area contributed by atoms with Gasteiger partial charge in [-0.1, -0.05) is 6.92 Å². The lowest BCUT2D eigenvalue weighted by atomic mass is 10.3. The maximum absolute atomic E-state index is 13.1. The highest BCUT2D eigenvalue weighted by Crippen LogP contribution is 2.48. The highest BCUT2D eigenvalue weighted by Gasteiger charge is 2.37. The first-order valence-electron chi connectivity index (χ1n) is 8.38. The summed E-state index contributed by atoms with van der Waals surface area (Å²) in [4.78, 5) is 2.87. The summed E-state index contributed by atoms with van der Waals surface area (Å²) in [5, 5.41) is 6.66. The van der Waals surface area contributed by atoms with E-state index in [4.69, 9.17) is 0 Å². The second-order valence-electron chi connectivity index (χ2n) is 6.40. The Morgan fingerprint density at radius 3 is 2.29 bits per heavy atom. The van der Waals surface area contributed by atoms with Gasteiger partial charge in [-0.05, 0) is 6.07 Å². The molecule has 0 saturated heterocycles. The Hall–Kier alpha value is -2.26. The van der Waals surface area contributed by atoms with Gasteiger partial charge in [0, 0.05) is 17.8 Å². The molecule has 15 heteroatoms. The molecule has 0 spiro atoms. The van der Waals surface area contributed by atoms with Crippen LogP contribution >= 0.6 is 22.7 Å². The molecule has 4 rings (SSSR count). The van der Waals surface area contributed by atoms with E-state index in [-0.39, 0.29) is 41.9 Å². The third kappa shape index (κ3) is 3.57. The molecule has 166 valence electrons. The van der Waals surface area contributed by atoms with Crippen molar-refractivity contribution in [1.82, 2.24) is 19.7 Å². The molecule has 0 aliphatic heterocycles. The number of aryl methyl sites for hydroxylation is 1. The van der Waals surface area contributed by atoms with Crippen LogP contribution in [0.25, 0.3) is 31.3 Å². The van der Waals surface area contributed by atoms with Crippen LogP contribution in [0.1, 0.15) is 17.5 Å². The zero-order chi connectivity index (χ0) is 22.9. The number of hydrogen-bond donors (Lipinski definition) is 0. The molecule has 4 aromatic heterocycles. The number of thiophene rings is 2. The van der Waals surface area contributed by atoms with Crippen molar-refractivity contribution < 1.29 is 34.8 Å². The van der Waals surface area contributed by atoms with Gasteiger partial charge in [-0.25, -0.2) is 13.4 Å². The number of halogens is 6. The van der Waals surface area contributed by atoms with Crippen molar-refractivity contribution in [3.63, 3.8) is 0 Å². The topological polar surface area (TPSA) is 77.7 Å². The molecule has 0 aromatic carbocycles. The van der Waals surface area contributed by atoms with Crippen LogP contribution in [-0.2, 0) is 29.2 Å². The van der Waals surface area contributed by atoms with Gasteiger partial charge in [0.2, 0.25) is 0 Å². The summed E-state index contributed by atoms with van der Waals surface area (Å²) in [6, 6.07) is 1.53. The molecular weight excluding hydrogens is 490 g/mol. The molecule has 0 aliphatic rings. The first kappa shape index (κ1) is 22.0. The lowest BCUT2D eigenvalue weighted by molar-refractivity contribution is -0.141. The van der Waals surface area contributed by atoms with Crippen LogP contribution in [0.15, 0.2) is 17.0 Å². The molecule has 0 radical (unpaired) electrons. The fraction of sp³-hybridized carbons (Fsp3) is 0.312. The van der Waals surface area contributed by atoms with Gasteiger partial charge in [0.05, 0.1) is 15.3 Å². The highest BCUT2D eigenvalue weighted by molar-refractivity contribution is 7.92. The van der Waals surface area contributed by atoms with Crippen molar-refractivity contribution in [3.8, 4) is 10.7 Å². The van der Waals surface area contributed by atoms with E-state index < -0.39 is 32.8 Å². The predicted molar refractivity (Wildman–Crippen MR) is 103 cm³/mol. The number of fused-ring (bicyclic) bond motifs is 2. The molecule has 0 aliphatic carbocycles. The Kier molecular flexibility index (Phi) is 4.86. The second-order valence-corrected chi connectivity index (χ2v) is 10.7. The summed E-state index contributed by atoms with van der Waals surface area (Å²) in [6.07, 6.45) is -9.40. The highest BCUT2D eigenvalue weighted by atomic mass is 32.2. The van der Waals surface area contributed by atoms with E-state index in [0.29, 0.717) is 17.4 Å². The third-order valence-electron chi connectivity index (χ3n) is 4.40. The molecule has 4 aromatic rings. The SMILES string of the molecule is CCS(=O)(=O)c1c(-c2nc3cc(C(F)(F)F)nnc3n2C)sc2cc(C(F)(F)F)sc12. The minimum absolute atomic E-state index is 0.0300. The van der Waals surface area contributed by atoms with E-state index >= 15 is 0 Å². The Morgan fingerprint density at radius 1 is 1.03 bits per heavy atom. The van der Waals surface area contributed by atoms with Gasteiger partial charge in [0.25, 0.3) is 0 Å². The van der Waals surface area contributed by atoms with Gasteiger partial charge in [-0.2, -0.15) is 26.3 Å². The fourth-order valence-corrected chi connectivity index (χ4v) is 7.36. The molecule has 0 bridgehead atoms. The van der Waals surface area contributed by atoms with Crippen LogP contribution in [0.4, 0.5) is 26.3 Å². The van der Waals surface area contributed by atoms with E-state index in [1.165, 1.54) is 18.5 Å². The molecular formula is C16H10F6N4O2S3. The summed E-state index contributed by atoms with van der Waals surface area (Å²) in [7, 11) is -2.59. The average Bonchev–Trinajstić information content (AvgIpc) is 3.30. The van der Waals surface area contributed by atoms with Crippen molar-refractivity contribution in [2.45, 2.75) is 24.2 Å². The number of rotatable bonds is 3. The number of sulfone groups is 1. The Labute approximate surface area is 178 Å². The van der Waals surface area contributed by atoms with Crippen molar-refractivity contribution in [3.05, 3.63) is 22.7 Å². The zero-order valence-corrected chi connectivity index (χ0v) is 17.9. The average molecular weight is 500 g/mol. The van der Waals surface area contributed by atoms with E-state index in [9.17, 15) is 34.8 Å². The first-order valence-corrected chi connectivity index (χ1v) is 11.7. The van der Waals surface area contributed by atoms with Crippen molar-refractivity contribution in [2.24, 2.45) is 7.05 Å². The van der Waals surface area contributed by atoms with E-state index in [2.05, 4.69) is 15.2 Å². The third-order valence-corrected chi connectivity index (χ3v) is 8.91. The maximum atomic E-state index is 13.1. The van der Waals surface area contributed by atoms with Crippen LogP contribution < -0.4 is 0 Å². The molecule has 0 amide bonds. The first-order chi connectivity index (χ1) is 14.2. The number of nitrogens with zero attached hydrogens (tertiary/aromatic N) is 4. The maximum Gasteiger partial charge on any atom is 0.435 e. The summed E-state index contributed by atoms with van der Waals surface area (Å²) in [5.41, 5.74) is -1.48. The smallest absolute Gasteiger partial charge is 0.310 e. The molecule has 0 fully saturated rings. The van der Waals surface area contributed by atoms with Crippen LogP contribution in [0.3, 0.4) is 0 Å². The molecule has 0 unspecified atom stereocenters. The van der Waals surface area contributed by atoms with Crippen LogP contribution in [0.2, 0.25) is 0 Å². The van der Waals surface area contributed by atoms with Gasteiger partial charge >= 0.3 is 12.4 Å². The number of aromatic nitrogens is 4. The monoisotopic (exact) mass is 500 g/mol. The van der Waals surface area contributed by atoms with Crippen LogP contribution in [-0.4, -0.2) is 33.9 Å². The summed E-state index contributed by atoms with van der Waals surface area (Å²) in [5.74, 6) is -0.412. The molecule has 0 saturated carbocycles. The standard InChI is InChI=1S/C16H10F6N4O2S3/c1-3-31(27,28)12-10-7(5-9(30-10)16(20,21)22)29-11(12)14-23-6-4-8(15(17,18)19)24-25-13(6)26(14)2/h4-5H,3H2,1-2H3. The fourth-order valence-electron chi connectivity index (χ4n) is 2.91. The summed E-state index contributed by atoms with van der Waals surface area (Å²) in [6.45, 7) is 1.34. The van der Waals surface area contributed by atoms with E-state index in [0.717, 1.165) is 17.4 Å². The van der Waals surface area contributed by atoms with E-state index in [1.807, 2.05) is 0 Å². The predicted octanol–water partition coefficient (Wildman–Crippen LogP) is 5.14. The lowest BCUT2D eigenvalue weighted by Crippen LogP contribution is -2.09. The zero-order valence-electron chi connectivity index (χ0n) is 15.5. The number of hydrogen-bond acceptors (Lipinski definition) is 7. The molecule has 0 atom stereocenters. The minimum atomic E-state index is -4.75. The van der Waals surface area contributed by atoms with Gasteiger partial charge in [-0.3, -0.25) is 0 Å². The van der Waals surface area contributed by atoms with E-state index in [1.54, 1.807) is 0 Å². The number of alkyl halides is 6. The van der Waals surface area contributed by atoms with Gasteiger partial charge in [0.15, 0.2) is 27.0 Å². The van der Waals surface area contributed by atoms with Crippen molar-refractivity contribution in [1.29, 1.82) is 0 Å². The van der Waals surface area contributed by atoms with Crippen LogP contribution in [0, 0.1) is 0 Å². The van der Waals surface area contributed by atoms with Gasteiger partial charge < -0.3 is 4.57 Å². The minimum Gasteiger partial charge on any atom is -0.310 e. The van der Waals surface area contributed by atoms with Crippen LogP contribution in [0.5, 0.6) is 0 Å². The molecule has 4 heterocycles. The van der Waals surface area contributed by atoms with Gasteiger partial charge in [0.1, 0.15) is 15.3 Å². The summed E-state index contributed by atoms with van der Waals surface area (Å²) >= 11 is 1.07. The molecule has 6 nitrogen and oxygen atoms in total. The van der Waals surface area contributed by atoms with Gasteiger partial charge in [-0.15, -0.1) is 32.9 Å². The van der Waals surface area contributed by atoms with Crippen molar-refractivity contribution >= 4 is 53.1 Å². The normalized spacial score (nSPS) is 13.5. The second kappa shape index (κ2) is 6.87. The summed E-state index contributed by atoms with van der Waals surface area (Å²) < 4.78 is 105. The largest absolute Gasteiger partial charge is 0.435 e. The Morgan fingerprint density at radius 2 is 1.71 bits per heavy atom. The molecule has 0 N–H and O–H groups in total. The Bertz CT molecular complexity index is 1430. The molecule has 31 heavy (non-hydrogen) atoms. The van der Waals surface area contributed by atoms with Crippen molar-refractivity contribution in [2.75, 3.05) is 5.75 Å². The quantitative estimate of drug-likeness (QED) is 0.364. The number of imidazole rings is 1.